The lowest BCUT2D eigenvalue weighted by atomic mass is 10.0. The lowest BCUT2D eigenvalue weighted by Gasteiger charge is -2.31. The van der Waals surface area contributed by atoms with Crippen LogP contribution in [-0.4, -0.2) is 23.8 Å². The molecule has 1 aliphatic rings. The Morgan fingerprint density at radius 2 is 2.00 bits per heavy atom. The third-order valence-corrected chi connectivity index (χ3v) is 3.34. The molecule has 0 spiro atoms. The maximum absolute atomic E-state index is 9.32. The van der Waals surface area contributed by atoms with Crippen LogP contribution in [0, 0.1) is 28.7 Å². The van der Waals surface area contributed by atoms with Crippen molar-refractivity contribution in [2.75, 3.05) is 13.1 Å². The van der Waals surface area contributed by atoms with Gasteiger partial charge in [0.1, 0.15) is 11.8 Å². The van der Waals surface area contributed by atoms with Gasteiger partial charge in [-0.25, -0.2) is 0 Å². The van der Waals surface area contributed by atoms with Crippen LogP contribution < -0.4 is 0 Å². The van der Waals surface area contributed by atoms with Crippen molar-refractivity contribution < 1.29 is 0 Å². The topological polar surface area (TPSA) is 63.2 Å². The van der Waals surface area contributed by atoms with E-state index in [2.05, 4.69) is 35.0 Å². The summed E-state index contributed by atoms with van der Waals surface area (Å²) in [5.74, 6) is 0.411. The first-order valence-electron chi connectivity index (χ1n) is 7.09. The van der Waals surface area contributed by atoms with Crippen LogP contribution in [0.3, 0.4) is 0 Å². The van der Waals surface area contributed by atoms with Crippen LogP contribution >= 0.6 is 0 Å². The van der Waals surface area contributed by atoms with E-state index in [0.717, 1.165) is 45.2 Å². The van der Waals surface area contributed by atoms with Crippen molar-refractivity contribution in [2.45, 2.75) is 45.4 Å². The second-order valence-corrected chi connectivity index (χ2v) is 4.76. The molecule has 0 aliphatic carbocycles. The van der Waals surface area contributed by atoms with Crippen LogP contribution in [0.25, 0.3) is 0 Å². The van der Waals surface area contributed by atoms with Crippen LogP contribution in [0.15, 0.2) is 17.1 Å². The number of allylic oxidation sites excluding steroid dienone is 2. The summed E-state index contributed by atoms with van der Waals surface area (Å²) in [6.45, 7) is 3.93. The van der Waals surface area contributed by atoms with E-state index in [0.29, 0.717) is 5.84 Å². The Labute approximate surface area is 116 Å². The van der Waals surface area contributed by atoms with Crippen molar-refractivity contribution in [1.29, 1.82) is 10.5 Å². The number of amidine groups is 1. The van der Waals surface area contributed by atoms with Gasteiger partial charge in [-0.2, -0.15) is 15.5 Å². The number of rotatable bonds is 5. The van der Waals surface area contributed by atoms with Crippen LogP contribution in [0.2, 0.25) is 0 Å². The van der Waals surface area contributed by atoms with E-state index in [9.17, 15) is 5.26 Å². The molecule has 0 aromatic rings. The van der Waals surface area contributed by atoms with Crippen molar-refractivity contribution in [3.63, 3.8) is 0 Å². The average Bonchev–Trinajstić information content (AvgIpc) is 2.47. The third kappa shape index (κ3) is 5.14. The molecule has 102 valence electrons. The van der Waals surface area contributed by atoms with Crippen molar-refractivity contribution in [3.8, 4) is 12.3 Å². The lowest BCUT2D eigenvalue weighted by Crippen LogP contribution is -2.39. The molecular weight excluding hydrogens is 236 g/mol. The van der Waals surface area contributed by atoms with Gasteiger partial charge in [-0.1, -0.05) is 19.1 Å². The van der Waals surface area contributed by atoms with Crippen molar-refractivity contribution in [2.24, 2.45) is 10.9 Å². The maximum atomic E-state index is 9.32. The second kappa shape index (κ2) is 9.16. The van der Waals surface area contributed by atoms with Crippen LogP contribution in [0.5, 0.6) is 0 Å². The van der Waals surface area contributed by atoms with Gasteiger partial charge >= 0.3 is 0 Å². The van der Waals surface area contributed by atoms with E-state index in [1.54, 1.807) is 0 Å². The minimum atomic E-state index is -0.265. The molecule has 1 unspecified atom stereocenters. The summed E-state index contributed by atoms with van der Waals surface area (Å²) in [7, 11) is 0. The molecule has 4 nitrogen and oxygen atoms in total. The predicted octanol–water partition coefficient (Wildman–Crippen LogP) is 3.24. The molecular formula is C15H22N4. The molecule has 1 rings (SSSR count). The molecule has 1 heterocycles. The molecule has 0 saturated carbocycles. The van der Waals surface area contributed by atoms with Gasteiger partial charge in [0.05, 0.1) is 6.07 Å². The molecule has 19 heavy (non-hydrogen) atoms. The summed E-state index contributed by atoms with van der Waals surface area (Å²) in [6.07, 6.45) is 12.2. The summed E-state index contributed by atoms with van der Waals surface area (Å²) in [5, 5.41) is 18.2. The fraction of sp³-hybridized carbons (Fsp3) is 0.667. The molecule has 0 aromatic carbocycles. The van der Waals surface area contributed by atoms with Gasteiger partial charge in [-0.05, 0) is 38.5 Å². The monoisotopic (exact) mass is 258 g/mol. The van der Waals surface area contributed by atoms with E-state index in [-0.39, 0.29) is 5.92 Å². The Balaban J connectivity index is 2.67. The number of nitriles is 2. The fourth-order valence-electron chi connectivity index (χ4n) is 2.34. The third-order valence-electron chi connectivity index (χ3n) is 3.34. The van der Waals surface area contributed by atoms with E-state index < -0.39 is 0 Å². The van der Waals surface area contributed by atoms with Gasteiger partial charge in [0, 0.05) is 13.1 Å². The summed E-state index contributed by atoms with van der Waals surface area (Å²) < 4.78 is 0. The molecule has 1 fully saturated rings. The average molecular weight is 258 g/mol. The number of aliphatic imine (C=N–C) groups is 1. The maximum Gasteiger partial charge on any atom is 0.207 e. The molecule has 4 heteroatoms. The molecule has 0 bridgehead atoms. The zero-order chi connectivity index (χ0) is 13.9. The molecule has 1 saturated heterocycles. The molecule has 1 aliphatic heterocycles. The highest BCUT2D eigenvalue weighted by atomic mass is 15.2. The molecule has 0 aromatic heterocycles. The van der Waals surface area contributed by atoms with Crippen molar-refractivity contribution >= 4 is 5.84 Å². The first-order valence-corrected chi connectivity index (χ1v) is 7.09. The molecule has 1 atom stereocenters. The Hall–Kier alpha value is -1.81. The number of likely N-dealkylation sites (tertiary alicyclic amines) is 1. The molecule has 0 radical (unpaired) electrons. The Kier molecular flexibility index (Phi) is 7.35. The number of nitrogens with zero attached hydrogens (tertiary/aromatic N) is 4. The van der Waals surface area contributed by atoms with Gasteiger partial charge in [-0.3, -0.25) is 0 Å². The van der Waals surface area contributed by atoms with Crippen LogP contribution in [0.1, 0.15) is 45.4 Å². The van der Waals surface area contributed by atoms with Crippen LogP contribution in [0.4, 0.5) is 0 Å². The van der Waals surface area contributed by atoms with Gasteiger partial charge < -0.3 is 4.90 Å². The normalized spacial score (nSPS) is 18.1. The van der Waals surface area contributed by atoms with Crippen molar-refractivity contribution in [3.05, 3.63) is 12.2 Å². The summed E-state index contributed by atoms with van der Waals surface area (Å²) >= 11 is 0. The van der Waals surface area contributed by atoms with E-state index >= 15 is 0 Å². The van der Waals surface area contributed by atoms with Gasteiger partial charge in [0.2, 0.25) is 6.19 Å². The highest BCUT2D eigenvalue weighted by molar-refractivity contribution is 5.87. The zero-order valence-corrected chi connectivity index (χ0v) is 11.7. The first-order chi connectivity index (χ1) is 9.33. The smallest absolute Gasteiger partial charge is 0.207 e. The van der Waals surface area contributed by atoms with E-state index in [4.69, 9.17) is 5.26 Å². The number of piperidine rings is 1. The standard InChI is InChI=1S/C15H22N4/c1-2-3-4-6-9-14(12-16)15(18-13-17)19-10-7-5-8-11-19/h3-4,14H,2,5-11H2,1H3/b4-3+,18-15?. The Morgan fingerprint density at radius 1 is 1.26 bits per heavy atom. The van der Waals surface area contributed by atoms with Crippen LogP contribution in [-0.2, 0) is 0 Å². The first kappa shape index (κ1) is 15.2. The largest absolute Gasteiger partial charge is 0.358 e. The predicted molar refractivity (Wildman–Crippen MR) is 76.2 cm³/mol. The minimum Gasteiger partial charge on any atom is -0.358 e. The van der Waals surface area contributed by atoms with Gasteiger partial charge in [0.15, 0.2) is 0 Å². The van der Waals surface area contributed by atoms with Gasteiger partial charge in [0.25, 0.3) is 0 Å². The quantitative estimate of drug-likeness (QED) is 0.329. The Morgan fingerprint density at radius 3 is 2.58 bits per heavy atom. The molecule has 0 amide bonds. The highest BCUT2D eigenvalue weighted by Gasteiger charge is 2.23. The minimum absolute atomic E-state index is 0.265. The number of hydrogen-bond acceptors (Lipinski definition) is 3. The van der Waals surface area contributed by atoms with Gasteiger partial charge in [-0.15, -0.1) is 0 Å². The SMILES string of the molecule is CC/C=C/CCC(C#N)C(=NC#N)N1CCCCC1. The number of hydrogen-bond donors (Lipinski definition) is 0. The second-order valence-electron chi connectivity index (χ2n) is 4.76. The van der Waals surface area contributed by atoms with Crippen molar-refractivity contribution in [1.82, 2.24) is 4.90 Å². The van der Waals surface area contributed by atoms with E-state index in [1.165, 1.54) is 6.42 Å². The highest BCUT2D eigenvalue weighted by Crippen LogP contribution is 2.17. The fourth-order valence-corrected chi connectivity index (χ4v) is 2.34. The lowest BCUT2D eigenvalue weighted by molar-refractivity contribution is 0.330. The summed E-state index contributed by atoms with van der Waals surface area (Å²) in [5.41, 5.74) is 0. The Bertz CT molecular complexity index is 391. The zero-order valence-electron chi connectivity index (χ0n) is 11.7. The van der Waals surface area contributed by atoms with E-state index in [1.807, 2.05) is 6.19 Å². The summed E-state index contributed by atoms with van der Waals surface area (Å²) in [4.78, 5) is 6.03. The molecule has 0 N–H and O–H groups in total. The summed E-state index contributed by atoms with van der Waals surface area (Å²) in [6, 6.07) is 2.30.